The number of hydrogen-bond acceptors (Lipinski definition) is 6. The molecule has 1 aromatic carbocycles. The van der Waals surface area contributed by atoms with Crippen LogP contribution in [-0.2, 0) is 0 Å². The lowest BCUT2D eigenvalue weighted by molar-refractivity contribution is 0.334. The van der Waals surface area contributed by atoms with Crippen molar-refractivity contribution < 1.29 is 4.74 Å². The van der Waals surface area contributed by atoms with Crippen molar-refractivity contribution in [2.75, 3.05) is 29.9 Å². The molecule has 100 valence electrons. The van der Waals surface area contributed by atoms with Crippen molar-refractivity contribution in [3.8, 4) is 5.75 Å². The number of benzene rings is 1. The van der Waals surface area contributed by atoms with Crippen molar-refractivity contribution in [1.82, 2.24) is 9.97 Å². The molecule has 0 atom stereocenters. The zero-order valence-electron chi connectivity index (χ0n) is 10.2. The number of ether oxygens (including phenoxy) is 1. The Hall–Kier alpha value is -2.70. The predicted molar refractivity (Wildman–Crippen MR) is 74.1 cm³/mol. The molecule has 0 radical (unpaired) electrons. The summed E-state index contributed by atoms with van der Waals surface area (Å²) in [4.78, 5) is 17.5. The number of anilines is 3. The molecule has 0 saturated heterocycles. The van der Waals surface area contributed by atoms with Gasteiger partial charge in [-0.2, -0.15) is 0 Å². The van der Waals surface area contributed by atoms with E-state index in [9.17, 15) is 4.79 Å². The molecule has 0 amide bonds. The molecule has 1 heterocycles. The summed E-state index contributed by atoms with van der Waals surface area (Å²) < 4.78 is 5.49. The number of nitrogens with zero attached hydrogens (tertiary/aromatic N) is 1. The molecule has 19 heavy (non-hydrogen) atoms. The van der Waals surface area contributed by atoms with Gasteiger partial charge in [-0.3, -0.25) is 4.79 Å². The lowest BCUT2D eigenvalue weighted by atomic mass is 10.3. The van der Waals surface area contributed by atoms with Gasteiger partial charge >= 0.3 is 0 Å². The van der Waals surface area contributed by atoms with Crippen molar-refractivity contribution in [3.63, 3.8) is 0 Å². The molecule has 0 fully saturated rings. The summed E-state index contributed by atoms with van der Waals surface area (Å²) in [6.45, 7) is 0.830. The van der Waals surface area contributed by atoms with Gasteiger partial charge in [0.1, 0.15) is 18.0 Å². The number of hydrogen-bond donors (Lipinski definition) is 4. The van der Waals surface area contributed by atoms with Gasteiger partial charge in [0.15, 0.2) is 5.82 Å². The first kappa shape index (κ1) is 12.7. The lowest BCUT2D eigenvalue weighted by Gasteiger charge is -2.10. The Bertz CT molecular complexity index is 611. The second-order valence-electron chi connectivity index (χ2n) is 3.81. The standard InChI is InChI=1S/C12H15N5O2/c13-8-3-1-2-4-9(8)19-6-5-15-11-10(14)12(18)17-7-16-11/h1-4,7H,5-6,13-14H2,(H2,15,16,17,18). The Kier molecular flexibility index (Phi) is 3.87. The van der Waals surface area contributed by atoms with Crippen molar-refractivity contribution in [2.45, 2.75) is 0 Å². The summed E-state index contributed by atoms with van der Waals surface area (Å²) in [6.07, 6.45) is 1.29. The predicted octanol–water partition coefficient (Wildman–Crippen LogP) is 0.425. The zero-order chi connectivity index (χ0) is 13.7. The van der Waals surface area contributed by atoms with Gasteiger partial charge in [0.2, 0.25) is 0 Å². The Morgan fingerprint density at radius 3 is 2.89 bits per heavy atom. The van der Waals surface area contributed by atoms with Crippen LogP contribution in [0.2, 0.25) is 0 Å². The molecule has 0 unspecified atom stereocenters. The molecule has 0 saturated carbocycles. The first-order valence-corrected chi connectivity index (χ1v) is 5.73. The topological polar surface area (TPSA) is 119 Å². The van der Waals surface area contributed by atoms with Gasteiger partial charge in [-0.05, 0) is 12.1 Å². The summed E-state index contributed by atoms with van der Waals surface area (Å²) in [7, 11) is 0. The van der Waals surface area contributed by atoms with Crippen LogP contribution in [0.1, 0.15) is 0 Å². The van der Waals surface area contributed by atoms with Crippen LogP contribution in [-0.4, -0.2) is 23.1 Å². The van der Waals surface area contributed by atoms with E-state index in [0.717, 1.165) is 0 Å². The third-order valence-electron chi connectivity index (χ3n) is 2.46. The molecule has 0 aliphatic carbocycles. The molecule has 0 aliphatic heterocycles. The van der Waals surface area contributed by atoms with Crippen LogP contribution in [0.5, 0.6) is 5.75 Å². The minimum absolute atomic E-state index is 0.0572. The Labute approximate surface area is 109 Å². The fourth-order valence-electron chi connectivity index (χ4n) is 1.49. The van der Waals surface area contributed by atoms with E-state index < -0.39 is 0 Å². The fourth-order valence-corrected chi connectivity index (χ4v) is 1.49. The van der Waals surface area contributed by atoms with E-state index in [2.05, 4.69) is 15.3 Å². The summed E-state index contributed by atoms with van der Waals surface area (Å²) in [5.74, 6) is 0.963. The van der Waals surface area contributed by atoms with Gasteiger partial charge in [0.05, 0.1) is 18.6 Å². The molecule has 2 aromatic rings. The van der Waals surface area contributed by atoms with E-state index >= 15 is 0 Å². The number of rotatable bonds is 5. The van der Waals surface area contributed by atoms with Crippen LogP contribution in [0.15, 0.2) is 35.4 Å². The van der Waals surface area contributed by atoms with E-state index in [0.29, 0.717) is 30.4 Å². The highest BCUT2D eigenvalue weighted by molar-refractivity contribution is 5.58. The van der Waals surface area contributed by atoms with Gasteiger partial charge < -0.3 is 26.5 Å². The largest absolute Gasteiger partial charge is 0.490 e. The smallest absolute Gasteiger partial charge is 0.276 e. The molecular formula is C12H15N5O2. The maximum absolute atomic E-state index is 11.2. The molecule has 0 aliphatic rings. The van der Waals surface area contributed by atoms with Crippen molar-refractivity contribution in [1.29, 1.82) is 0 Å². The highest BCUT2D eigenvalue weighted by Gasteiger charge is 2.03. The van der Waals surface area contributed by atoms with Crippen LogP contribution < -0.4 is 27.1 Å². The molecular weight excluding hydrogens is 246 g/mol. The summed E-state index contributed by atoms with van der Waals surface area (Å²) in [6, 6.07) is 7.23. The van der Waals surface area contributed by atoms with Gasteiger partial charge in [-0.25, -0.2) is 4.98 Å². The molecule has 0 bridgehead atoms. The van der Waals surface area contributed by atoms with Crippen LogP contribution in [0.4, 0.5) is 17.2 Å². The van der Waals surface area contributed by atoms with E-state index in [1.54, 1.807) is 12.1 Å². The summed E-state index contributed by atoms with van der Waals surface area (Å²) >= 11 is 0. The number of nitrogens with one attached hydrogen (secondary N) is 2. The number of nitrogen functional groups attached to an aromatic ring is 2. The highest BCUT2D eigenvalue weighted by Crippen LogP contribution is 2.19. The maximum Gasteiger partial charge on any atom is 0.276 e. The van der Waals surface area contributed by atoms with Crippen LogP contribution in [0.25, 0.3) is 0 Å². The summed E-state index contributed by atoms with van der Waals surface area (Å²) in [5, 5.41) is 2.92. The van der Waals surface area contributed by atoms with Crippen LogP contribution >= 0.6 is 0 Å². The third kappa shape index (κ3) is 3.15. The van der Waals surface area contributed by atoms with Crippen molar-refractivity contribution in [2.24, 2.45) is 0 Å². The Balaban J connectivity index is 1.86. The molecule has 7 heteroatoms. The van der Waals surface area contributed by atoms with Gasteiger partial charge in [-0.1, -0.05) is 12.1 Å². The lowest BCUT2D eigenvalue weighted by Crippen LogP contribution is -2.19. The number of para-hydroxylation sites is 2. The van der Waals surface area contributed by atoms with Gasteiger partial charge in [0, 0.05) is 0 Å². The van der Waals surface area contributed by atoms with Crippen LogP contribution in [0, 0.1) is 0 Å². The molecule has 6 N–H and O–H groups in total. The maximum atomic E-state index is 11.2. The minimum atomic E-state index is -0.370. The van der Waals surface area contributed by atoms with Crippen molar-refractivity contribution in [3.05, 3.63) is 40.9 Å². The monoisotopic (exact) mass is 261 g/mol. The van der Waals surface area contributed by atoms with Gasteiger partial charge in [-0.15, -0.1) is 0 Å². The van der Waals surface area contributed by atoms with Crippen molar-refractivity contribution >= 4 is 17.2 Å². The fraction of sp³-hybridized carbons (Fsp3) is 0.167. The van der Waals surface area contributed by atoms with Crippen LogP contribution in [0.3, 0.4) is 0 Å². The second kappa shape index (κ2) is 5.76. The zero-order valence-corrected chi connectivity index (χ0v) is 10.2. The number of aromatic amines is 1. The minimum Gasteiger partial charge on any atom is -0.490 e. The molecule has 2 rings (SSSR count). The van der Waals surface area contributed by atoms with E-state index in [1.165, 1.54) is 6.33 Å². The quantitative estimate of drug-likeness (QED) is 0.457. The third-order valence-corrected chi connectivity index (χ3v) is 2.46. The normalized spacial score (nSPS) is 10.1. The first-order valence-electron chi connectivity index (χ1n) is 5.73. The molecule has 7 nitrogen and oxygen atoms in total. The van der Waals surface area contributed by atoms with E-state index in [-0.39, 0.29) is 11.2 Å². The van der Waals surface area contributed by atoms with E-state index in [1.807, 2.05) is 12.1 Å². The highest BCUT2D eigenvalue weighted by atomic mass is 16.5. The molecule has 1 aromatic heterocycles. The first-order chi connectivity index (χ1) is 9.18. The molecule has 0 spiro atoms. The second-order valence-corrected chi connectivity index (χ2v) is 3.81. The average Bonchev–Trinajstić information content (AvgIpc) is 2.41. The summed E-state index contributed by atoms with van der Waals surface area (Å²) in [5.41, 5.74) is 11.6. The Morgan fingerprint density at radius 2 is 2.11 bits per heavy atom. The number of H-pyrrole nitrogens is 1. The SMILES string of the molecule is Nc1ccccc1OCCNc1nc[nH]c(=O)c1N. The van der Waals surface area contributed by atoms with Gasteiger partial charge in [0.25, 0.3) is 5.56 Å². The number of nitrogens with two attached hydrogens (primary N) is 2. The average molecular weight is 261 g/mol. The Morgan fingerprint density at radius 1 is 1.32 bits per heavy atom. The number of aromatic nitrogens is 2. The van der Waals surface area contributed by atoms with E-state index in [4.69, 9.17) is 16.2 Å².